The fourth-order valence-electron chi connectivity index (χ4n) is 5.32. The first kappa shape index (κ1) is 16.3. The topological polar surface area (TPSA) is 29.3 Å². The molecule has 3 atom stereocenters. The lowest BCUT2D eigenvalue weighted by Gasteiger charge is -2.50. The highest BCUT2D eigenvalue weighted by Crippen LogP contribution is 2.44. The van der Waals surface area contributed by atoms with Crippen LogP contribution in [0.2, 0.25) is 0 Å². The van der Waals surface area contributed by atoms with Gasteiger partial charge < -0.3 is 5.73 Å². The van der Waals surface area contributed by atoms with Gasteiger partial charge in [0.05, 0.1) is 0 Å². The van der Waals surface area contributed by atoms with Crippen molar-refractivity contribution in [3.63, 3.8) is 0 Å². The molecule has 0 radical (unpaired) electrons. The molecule has 0 heterocycles. The minimum absolute atomic E-state index is 0.318. The summed E-state index contributed by atoms with van der Waals surface area (Å²) in [6.07, 6.45) is 12.4. The lowest BCUT2D eigenvalue weighted by molar-refractivity contribution is 0.0297. The largest absolute Gasteiger partial charge is 0.326 e. The summed E-state index contributed by atoms with van der Waals surface area (Å²) in [6.45, 7) is 9.32. The van der Waals surface area contributed by atoms with Crippen LogP contribution in [0.25, 0.3) is 0 Å². The van der Waals surface area contributed by atoms with Crippen LogP contribution in [-0.4, -0.2) is 29.6 Å². The van der Waals surface area contributed by atoms with E-state index in [4.69, 9.17) is 5.73 Å². The highest BCUT2D eigenvalue weighted by Gasteiger charge is 2.47. The van der Waals surface area contributed by atoms with E-state index in [2.05, 4.69) is 25.7 Å². The number of nitrogens with two attached hydrogens (primary N) is 1. The minimum Gasteiger partial charge on any atom is -0.326 e. The standard InChI is InChI=1S/C18H36N2/c1-4-15-11-7-8-12-16(15)17(19)18(13-9-10-14-18)20(5-2)6-3/h15-17H,4-14,19H2,1-3H3. The Kier molecular flexibility index (Phi) is 5.92. The third-order valence-electron chi connectivity index (χ3n) is 6.44. The molecule has 2 fully saturated rings. The maximum absolute atomic E-state index is 6.97. The second-order valence-electron chi connectivity index (χ2n) is 7.13. The van der Waals surface area contributed by atoms with E-state index in [0.29, 0.717) is 11.6 Å². The molecule has 0 spiro atoms. The Balaban J connectivity index is 2.19. The molecule has 2 heteroatoms. The maximum Gasteiger partial charge on any atom is 0.0362 e. The molecule has 2 aliphatic rings. The molecule has 0 aromatic carbocycles. The van der Waals surface area contributed by atoms with Crippen LogP contribution >= 0.6 is 0 Å². The molecule has 0 aliphatic heterocycles. The molecular formula is C18H36N2. The van der Waals surface area contributed by atoms with Gasteiger partial charge in [0.25, 0.3) is 0 Å². The van der Waals surface area contributed by atoms with Crippen LogP contribution in [-0.2, 0) is 0 Å². The van der Waals surface area contributed by atoms with E-state index in [9.17, 15) is 0 Å². The van der Waals surface area contributed by atoms with Gasteiger partial charge in [0.1, 0.15) is 0 Å². The van der Waals surface area contributed by atoms with Gasteiger partial charge >= 0.3 is 0 Å². The zero-order chi connectivity index (χ0) is 14.6. The molecule has 2 rings (SSSR count). The van der Waals surface area contributed by atoms with E-state index in [1.54, 1.807) is 0 Å². The Labute approximate surface area is 126 Å². The zero-order valence-corrected chi connectivity index (χ0v) is 14.0. The van der Waals surface area contributed by atoms with E-state index >= 15 is 0 Å². The highest BCUT2D eigenvalue weighted by molar-refractivity contribution is 5.05. The average molecular weight is 280 g/mol. The first-order valence-corrected chi connectivity index (χ1v) is 9.20. The van der Waals surface area contributed by atoms with Crippen LogP contribution in [0.1, 0.15) is 78.6 Å². The monoisotopic (exact) mass is 280 g/mol. The number of likely N-dealkylation sites (N-methyl/N-ethyl adjacent to an activating group) is 1. The van der Waals surface area contributed by atoms with Crippen LogP contribution in [0.3, 0.4) is 0 Å². The van der Waals surface area contributed by atoms with Gasteiger partial charge in [-0.3, -0.25) is 4.90 Å². The van der Waals surface area contributed by atoms with Crippen molar-refractivity contribution in [3.05, 3.63) is 0 Å². The van der Waals surface area contributed by atoms with Gasteiger partial charge in [-0.1, -0.05) is 59.3 Å². The van der Waals surface area contributed by atoms with E-state index in [1.807, 2.05) is 0 Å². The Bertz CT molecular complexity index is 279. The van der Waals surface area contributed by atoms with E-state index in [1.165, 1.54) is 57.8 Å². The molecule has 0 aromatic heterocycles. The summed E-state index contributed by atoms with van der Waals surface area (Å²) in [5.41, 5.74) is 7.28. The van der Waals surface area contributed by atoms with Crippen molar-refractivity contribution < 1.29 is 0 Å². The Morgan fingerprint density at radius 3 is 2.15 bits per heavy atom. The van der Waals surface area contributed by atoms with E-state index < -0.39 is 0 Å². The van der Waals surface area contributed by atoms with E-state index in [-0.39, 0.29) is 0 Å². The molecule has 0 bridgehead atoms. The van der Waals surface area contributed by atoms with E-state index in [0.717, 1.165) is 24.9 Å². The lowest BCUT2D eigenvalue weighted by Crippen LogP contribution is -2.62. The van der Waals surface area contributed by atoms with Crippen LogP contribution in [0.4, 0.5) is 0 Å². The van der Waals surface area contributed by atoms with Gasteiger partial charge in [0, 0.05) is 11.6 Å². The molecule has 2 aliphatic carbocycles. The van der Waals surface area contributed by atoms with Gasteiger partial charge in [-0.05, 0) is 44.2 Å². The van der Waals surface area contributed by atoms with Crippen LogP contribution in [0, 0.1) is 11.8 Å². The normalized spacial score (nSPS) is 31.6. The quantitative estimate of drug-likeness (QED) is 0.790. The molecule has 0 amide bonds. The fraction of sp³-hybridized carbons (Fsp3) is 1.00. The second-order valence-corrected chi connectivity index (χ2v) is 7.13. The summed E-state index contributed by atoms with van der Waals surface area (Å²) in [4.78, 5) is 2.70. The van der Waals surface area contributed by atoms with Crippen LogP contribution in [0.15, 0.2) is 0 Å². The summed E-state index contributed by atoms with van der Waals surface area (Å²) in [7, 11) is 0. The van der Waals surface area contributed by atoms with Crippen molar-refractivity contribution in [2.24, 2.45) is 17.6 Å². The fourth-order valence-corrected chi connectivity index (χ4v) is 5.32. The van der Waals surface area contributed by atoms with Crippen molar-refractivity contribution in [2.45, 2.75) is 90.1 Å². The Morgan fingerprint density at radius 1 is 1.00 bits per heavy atom. The van der Waals surface area contributed by atoms with Gasteiger partial charge in [0.2, 0.25) is 0 Å². The van der Waals surface area contributed by atoms with Crippen molar-refractivity contribution in [1.29, 1.82) is 0 Å². The first-order chi connectivity index (χ1) is 9.69. The first-order valence-electron chi connectivity index (χ1n) is 9.20. The molecule has 2 saturated carbocycles. The predicted octanol–water partition coefficient (Wildman–Crippen LogP) is 4.18. The third kappa shape index (κ3) is 2.92. The summed E-state index contributed by atoms with van der Waals surface area (Å²) >= 11 is 0. The summed E-state index contributed by atoms with van der Waals surface area (Å²) in [5.74, 6) is 1.65. The van der Waals surface area contributed by atoms with Crippen LogP contribution in [0.5, 0.6) is 0 Å². The highest BCUT2D eigenvalue weighted by atomic mass is 15.2. The summed E-state index contributed by atoms with van der Waals surface area (Å²) < 4.78 is 0. The van der Waals surface area contributed by atoms with Crippen molar-refractivity contribution in [2.75, 3.05) is 13.1 Å². The average Bonchev–Trinajstić information content (AvgIpc) is 2.98. The molecule has 3 unspecified atom stereocenters. The summed E-state index contributed by atoms with van der Waals surface area (Å²) in [6, 6.07) is 0.398. The van der Waals surface area contributed by atoms with Crippen molar-refractivity contribution in [1.82, 2.24) is 4.90 Å². The smallest absolute Gasteiger partial charge is 0.0362 e. The van der Waals surface area contributed by atoms with Gasteiger partial charge in [-0.2, -0.15) is 0 Å². The van der Waals surface area contributed by atoms with Gasteiger partial charge in [-0.25, -0.2) is 0 Å². The second kappa shape index (κ2) is 7.26. The molecule has 20 heavy (non-hydrogen) atoms. The summed E-state index contributed by atoms with van der Waals surface area (Å²) in [5, 5.41) is 0. The zero-order valence-electron chi connectivity index (χ0n) is 14.0. The molecule has 0 aromatic rings. The molecule has 118 valence electrons. The number of nitrogens with zero attached hydrogens (tertiary/aromatic N) is 1. The maximum atomic E-state index is 6.97. The van der Waals surface area contributed by atoms with Crippen LogP contribution < -0.4 is 5.73 Å². The third-order valence-corrected chi connectivity index (χ3v) is 6.44. The van der Waals surface area contributed by atoms with Gasteiger partial charge in [0.15, 0.2) is 0 Å². The van der Waals surface area contributed by atoms with Crippen molar-refractivity contribution >= 4 is 0 Å². The number of hydrogen-bond donors (Lipinski definition) is 1. The molecule has 0 saturated heterocycles. The number of hydrogen-bond acceptors (Lipinski definition) is 2. The lowest BCUT2D eigenvalue weighted by atomic mass is 9.68. The number of rotatable bonds is 6. The molecule has 2 N–H and O–H groups in total. The molecule has 2 nitrogen and oxygen atoms in total. The SMILES string of the molecule is CCC1CCCCC1C(N)C1(N(CC)CC)CCCC1. The predicted molar refractivity (Wildman–Crippen MR) is 87.8 cm³/mol. The Hall–Kier alpha value is -0.0800. The van der Waals surface area contributed by atoms with Crippen molar-refractivity contribution in [3.8, 4) is 0 Å². The minimum atomic E-state index is 0.318. The Morgan fingerprint density at radius 2 is 1.60 bits per heavy atom. The van der Waals surface area contributed by atoms with Gasteiger partial charge in [-0.15, -0.1) is 0 Å². The molecular weight excluding hydrogens is 244 g/mol.